The fraction of sp³-hybridized carbons (Fsp3) is 0.500. The van der Waals surface area contributed by atoms with Crippen LogP contribution in [0.2, 0.25) is 0 Å². The van der Waals surface area contributed by atoms with Crippen molar-refractivity contribution in [2.24, 2.45) is 0 Å². The number of carbonyl (C=O) groups is 2. The highest BCUT2D eigenvalue weighted by atomic mass is 16.6. The van der Waals surface area contributed by atoms with Gasteiger partial charge in [-0.05, 0) is 39.3 Å². The third kappa shape index (κ3) is 2.75. The van der Waals surface area contributed by atoms with E-state index in [0.717, 1.165) is 6.42 Å². The predicted molar refractivity (Wildman–Crippen MR) is 93.4 cm³/mol. The van der Waals surface area contributed by atoms with Gasteiger partial charge in [0.05, 0.1) is 17.6 Å². The average Bonchev–Trinajstić information content (AvgIpc) is 3.24. The zero-order valence-electron chi connectivity index (χ0n) is 14.9. The Bertz CT molecular complexity index is 885. The minimum Gasteiger partial charge on any atom is -0.478 e. The molecular formula is C18H21N3O5. The molecule has 8 nitrogen and oxygen atoms in total. The first-order valence-corrected chi connectivity index (χ1v) is 8.62. The van der Waals surface area contributed by atoms with Crippen LogP contribution in [0.3, 0.4) is 0 Å². The maximum atomic E-state index is 12.3. The largest absolute Gasteiger partial charge is 0.478 e. The van der Waals surface area contributed by atoms with Crippen LogP contribution in [0.1, 0.15) is 37.6 Å². The third-order valence-corrected chi connectivity index (χ3v) is 4.75. The van der Waals surface area contributed by atoms with Crippen molar-refractivity contribution in [1.82, 2.24) is 9.88 Å². The number of benzene rings is 1. The van der Waals surface area contributed by atoms with Gasteiger partial charge in [-0.2, -0.15) is 4.98 Å². The van der Waals surface area contributed by atoms with Gasteiger partial charge in [0.2, 0.25) is 0 Å². The first-order valence-electron chi connectivity index (χ1n) is 8.62. The summed E-state index contributed by atoms with van der Waals surface area (Å²) in [6, 6.07) is 5.40. The number of rotatable bonds is 2. The summed E-state index contributed by atoms with van der Waals surface area (Å²) in [4.78, 5) is 31.9. The Hall–Kier alpha value is -2.77. The Labute approximate surface area is 150 Å². The Morgan fingerprint density at radius 2 is 2.04 bits per heavy atom. The number of carbonyl (C=O) groups excluding carboxylic acids is 1. The lowest BCUT2D eigenvalue weighted by atomic mass is 10.2. The van der Waals surface area contributed by atoms with Crippen molar-refractivity contribution in [3.63, 3.8) is 0 Å². The number of hydrogen-bond acceptors (Lipinski definition) is 6. The van der Waals surface area contributed by atoms with E-state index >= 15 is 0 Å². The van der Waals surface area contributed by atoms with Crippen LogP contribution in [0.25, 0.3) is 11.1 Å². The number of aromatic nitrogens is 1. The fourth-order valence-corrected chi connectivity index (χ4v) is 3.68. The lowest BCUT2D eigenvalue weighted by molar-refractivity contribution is 0.0213. The monoisotopic (exact) mass is 359 g/mol. The van der Waals surface area contributed by atoms with E-state index in [0.29, 0.717) is 30.2 Å². The van der Waals surface area contributed by atoms with E-state index in [1.807, 2.05) is 25.7 Å². The molecule has 2 saturated heterocycles. The highest BCUT2D eigenvalue weighted by molar-refractivity contribution is 6.00. The van der Waals surface area contributed by atoms with Crippen molar-refractivity contribution in [2.75, 3.05) is 18.0 Å². The topological polar surface area (TPSA) is 96.1 Å². The zero-order valence-corrected chi connectivity index (χ0v) is 14.9. The van der Waals surface area contributed by atoms with Gasteiger partial charge >= 0.3 is 12.1 Å². The summed E-state index contributed by atoms with van der Waals surface area (Å²) >= 11 is 0. The normalized spacial score (nSPS) is 22.3. The number of carboxylic acids is 1. The number of fused-ring (bicyclic) bond motifs is 3. The summed E-state index contributed by atoms with van der Waals surface area (Å²) in [5.74, 6) is -1.03. The molecule has 1 amide bonds. The molecule has 1 aromatic carbocycles. The smallest absolute Gasteiger partial charge is 0.410 e. The molecule has 2 aromatic rings. The second kappa shape index (κ2) is 5.62. The molecule has 138 valence electrons. The molecule has 0 aliphatic carbocycles. The average molecular weight is 359 g/mol. The number of anilines is 1. The first kappa shape index (κ1) is 16.7. The van der Waals surface area contributed by atoms with Crippen LogP contribution in [0, 0.1) is 0 Å². The van der Waals surface area contributed by atoms with E-state index in [2.05, 4.69) is 4.98 Å². The minimum atomic E-state index is -1.03. The number of piperazine rings is 1. The van der Waals surface area contributed by atoms with Crippen LogP contribution in [0.4, 0.5) is 10.8 Å². The molecule has 2 fully saturated rings. The standard InChI is InChI=1S/C18H21N3O5/c1-18(2,3)26-17(24)21-9-10-7-11(21)8-20(10)16-19-14-12(15(22)23)5-4-6-13(14)25-16/h4-6,10-11H,7-9H2,1-3H3,(H,22,23)/t10-,11-/m0/s1. The number of oxazole rings is 1. The van der Waals surface area contributed by atoms with Gasteiger partial charge in [0, 0.05) is 13.1 Å². The molecule has 0 unspecified atom stereocenters. The van der Waals surface area contributed by atoms with E-state index in [4.69, 9.17) is 9.15 Å². The molecule has 8 heteroatoms. The fourth-order valence-electron chi connectivity index (χ4n) is 3.68. The summed E-state index contributed by atoms with van der Waals surface area (Å²) in [6.07, 6.45) is 0.527. The van der Waals surface area contributed by atoms with Crippen molar-refractivity contribution in [2.45, 2.75) is 44.9 Å². The van der Waals surface area contributed by atoms with Gasteiger partial charge < -0.3 is 24.1 Å². The van der Waals surface area contributed by atoms with Crippen molar-refractivity contribution >= 4 is 29.2 Å². The summed E-state index contributed by atoms with van der Waals surface area (Å²) in [5, 5.41) is 9.30. The van der Waals surface area contributed by atoms with Crippen molar-refractivity contribution in [3.05, 3.63) is 23.8 Å². The SMILES string of the molecule is CC(C)(C)OC(=O)N1C[C@@H]2C[C@H]1CN2c1nc2c(C(=O)O)cccc2o1. The Morgan fingerprint density at radius 1 is 1.27 bits per heavy atom. The number of para-hydroxylation sites is 1. The van der Waals surface area contributed by atoms with Gasteiger partial charge in [-0.1, -0.05) is 6.07 Å². The van der Waals surface area contributed by atoms with E-state index < -0.39 is 11.6 Å². The van der Waals surface area contributed by atoms with Crippen LogP contribution >= 0.6 is 0 Å². The van der Waals surface area contributed by atoms with Crippen molar-refractivity contribution in [3.8, 4) is 0 Å². The minimum absolute atomic E-state index is 0.0452. The molecule has 1 aromatic heterocycles. The van der Waals surface area contributed by atoms with Crippen molar-refractivity contribution in [1.29, 1.82) is 0 Å². The number of likely N-dealkylation sites (tertiary alicyclic amines) is 1. The Morgan fingerprint density at radius 3 is 2.65 bits per heavy atom. The second-order valence-electron chi connectivity index (χ2n) is 7.78. The lowest BCUT2D eigenvalue weighted by Crippen LogP contribution is -2.50. The number of aromatic carboxylic acids is 1. The zero-order chi connectivity index (χ0) is 18.6. The van der Waals surface area contributed by atoms with Crippen LogP contribution < -0.4 is 4.90 Å². The summed E-state index contributed by atoms with van der Waals surface area (Å²) in [5.41, 5.74) is 0.400. The maximum absolute atomic E-state index is 12.3. The number of ether oxygens (including phenoxy) is 1. The second-order valence-corrected chi connectivity index (χ2v) is 7.78. The Balaban J connectivity index is 1.54. The van der Waals surface area contributed by atoms with Gasteiger partial charge in [0.1, 0.15) is 11.1 Å². The van der Waals surface area contributed by atoms with E-state index in [-0.39, 0.29) is 23.7 Å². The summed E-state index contributed by atoms with van der Waals surface area (Å²) < 4.78 is 11.3. The number of carboxylic acid groups (broad SMARTS) is 1. The van der Waals surface area contributed by atoms with Gasteiger partial charge in [-0.3, -0.25) is 0 Å². The first-order chi connectivity index (χ1) is 12.2. The molecule has 2 aliphatic rings. The highest BCUT2D eigenvalue weighted by Crippen LogP contribution is 2.36. The molecular weight excluding hydrogens is 338 g/mol. The maximum Gasteiger partial charge on any atom is 0.410 e. The summed E-state index contributed by atoms with van der Waals surface area (Å²) in [7, 11) is 0. The van der Waals surface area contributed by atoms with Gasteiger partial charge in [-0.15, -0.1) is 0 Å². The molecule has 4 rings (SSSR count). The number of nitrogens with zero attached hydrogens (tertiary/aromatic N) is 3. The molecule has 2 bridgehead atoms. The molecule has 2 aliphatic heterocycles. The van der Waals surface area contributed by atoms with Crippen LogP contribution in [-0.2, 0) is 4.74 Å². The molecule has 3 heterocycles. The molecule has 0 spiro atoms. The summed E-state index contributed by atoms with van der Waals surface area (Å²) in [6.45, 7) is 6.70. The third-order valence-electron chi connectivity index (χ3n) is 4.75. The lowest BCUT2D eigenvalue weighted by Gasteiger charge is -2.34. The number of amides is 1. The molecule has 0 saturated carbocycles. The Kier molecular flexibility index (Phi) is 3.61. The van der Waals surface area contributed by atoms with Gasteiger partial charge in [0.15, 0.2) is 5.58 Å². The van der Waals surface area contributed by atoms with Crippen LogP contribution in [0.5, 0.6) is 0 Å². The van der Waals surface area contributed by atoms with Crippen LogP contribution in [0.15, 0.2) is 22.6 Å². The molecule has 0 radical (unpaired) electrons. The van der Waals surface area contributed by atoms with E-state index in [9.17, 15) is 14.7 Å². The van der Waals surface area contributed by atoms with E-state index in [1.54, 1.807) is 17.0 Å². The molecule has 1 N–H and O–H groups in total. The number of hydrogen-bond donors (Lipinski definition) is 1. The van der Waals surface area contributed by atoms with Crippen molar-refractivity contribution < 1.29 is 23.8 Å². The van der Waals surface area contributed by atoms with Gasteiger partial charge in [-0.25, -0.2) is 9.59 Å². The highest BCUT2D eigenvalue weighted by Gasteiger charge is 2.48. The quantitative estimate of drug-likeness (QED) is 0.880. The predicted octanol–water partition coefficient (Wildman–Crippen LogP) is 2.72. The van der Waals surface area contributed by atoms with Gasteiger partial charge in [0.25, 0.3) is 6.01 Å². The molecule has 26 heavy (non-hydrogen) atoms. The molecule has 2 atom stereocenters. The van der Waals surface area contributed by atoms with Crippen LogP contribution in [-0.4, -0.2) is 57.8 Å². The van der Waals surface area contributed by atoms with E-state index in [1.165, 1.54) is 6.07 Å².